The second-order valence-corrected chi connectivity index (χ2v) is 6.50. The van der Waals surface area contributed by atoms with Crippen LogP contribution < -0.4 is 5.32 Å². The van der Waals surface area contributed by atoms with Gasteiger partial charge in [0.15, 0.2) is 0 Å². The number of hydrogen-bond acceptors (Lipinski definition) is 4. The molecule has 0 aromatic carbocycles. The molecule has 1 fully saturated rings. The summed E-state index contributed by atoms with van der Waals surface area (Å²) in [5.41, 5.74) is 0.838. The lowest BCUT2D eigenvalue weighted by Crippen LogP contribution is -2.43. The van der Waals surface area contributed by atoms with Gasteiger partial charge in [-0.25, -0.2) is 0 Å². The smallest absolute Gasteiger partial charge is 0.223 e. The van der Waals surface area contributed by atoms with Crippen molar-refractivity contribution in [2.45, 2.75) is 38.7 Å². The number of likely N-dealkylation sites (tertiary alicyclic amines) is 1. The van der Waals surface area contributed by atoms with Crippen LogP contribution in [0.25, 0.3) is 0 Å². The van der Waals surface area contributed by atoms with Gasteiger partial charge in [-0.3, -0.25) is 9.59 Å². The van der Waals surface area contributed by atoms with Gasteiger partial charge in [0.1, 0.15) is 0 Å². The summed E-state index contributed by atoms with van der Waals surface area (Å²) in [6.45, 7) is 3.55. The molecule has 6 heteroatoms. The summed E-state index contributed by atoms with van der Waals surface area (Å²) < 4.78 is 0. The largest absolute Gasteiger partial charge is 0.387 e. The molecule has 2 N–H and O–H groups in total. The number of carbonyl (C=O) groups excluding carboxylic acids is 2. The van der Waals surface area contributed by atoms with Crippen molar-refractivity contribution in [3.8, 4) is 0 Å². The molecule has 1 saturated heterocycles. The number of piperidine rings is 1. The monoisotopic (exact) mass is 324 g/mol. The Balaban J connectivity index is 1.72. The molecule has 1 atom stereocenters. The van der Waals surface area contributed by atoms with Gasteiger partial charge in [-0.05, 0) is 41.7 Å². The second kappa shape index (κ2) is 8.29. The number of carbonyl (C=O) groups is 2. The third kappa shape index (κ3) is 4.55. The average molecular weight is 324 g/mol. The van der Waals surface area contributed by atoms with Crippen molar-refractivity contribution in [2.24, 2.45) is 5.92 Å². The molecule has 2 heterocycles. The predicted molar refractivity (Wildman–Crippen MR) is 86.5 cm³/mol. The zero-order valence-electron chi connectivity index (χ0n) is 13.0. The topological polar surface area (TPSA) is 69.6 Å². The van der Waals surface area contributed by atoms with Crippen molar-refractivity contribution in [2.75, 3.05) is 19.6 Å². The van der Waals surface area contributed by atoms with Crippen LogP contribution in [0.3, 0.4) is 0 Å². The summed E-state index contributed by atoms with van der Waals surface area (Å²) in [7, 11) is 0. The Hall–Kier alpha value is -1.40. The maximum absolute atomic E-state index is 12.2. The van der Waals surface area contributed by atoms with Crippen LogP contribution in [0.4, 0.5) is 0 Å². The lowest BCUT2D eigenvalue weighted by atomic mass is 9.95. The summed E-state index contributed by atoms with van der Waals surface area (Å²) >= 11 is 1.53. The molecule has 0 radical (unpaired) electrons. The van der Waals surface area contributed by atoms with Crippen molar-refractivity contribution >= 4 is 23.2 Å². The van der Waals surface area contributed by atoms with Crippen molar-refractivity contribution in [3.05, 3.63) is 22.4 Å². The van der Waals surface area contributed by atoms with E-state index in [1.165, 1.54) is 11.3 Å². The SMILES string of the molecule is CCCC(=O)N1CCC(C(=O)NCC(O)c2ccsc2)CC1. The van der Waals surface area contributed by atoms with E-state index in [2.05, 4.69) is 5.32 Å². The van der Waals surface area contributed by atoms with Crippen LogP contribution in [0, 0.1) is 5.92 Å². The highest BCUT2D eigenvalue weighted by molar-refractivity contribution is 7.07. The highest BCUT2D eigenvalue weighted by atomic mass is 32.1. The van der Waals surface area contributed by atoms with Gasteiger partial charge in [0.05, 0.1) is 6.10 Å². The molecule has 0 spiro atoms. The number of aliphatic hydroxyl groups is 1. The van der Waals surface area contributed by atoms with E-state index in [-0.39, 0.29) is 24.3 Å². The van der Waals surface area contributed by atoms with Crippen LogP contribution in [-0.4, -0.2) is 41.5 Å². The minimum absolute atomic E-state index is 0.0168. The number of thiophene rings is 1. The van der Waals surface area contributed by atoms with E-state index in [1.807, 2.05) is 28.7 Å². The van der Waals surface area contributed by atoms with E-state index < -0.39 is 6.10 Å². The van der Waals surface area contributed by atoms with E-state index in [0.29, 0.717) is 32.4 Å². The van der Waals surface area contributed by atoms with Crippen molar-refractivity contribution in [1.29, 1.82) is 0 Å². The average Bonchev–Trinajstić information content (AvgIpc) is 3.07. The fraction of sp³-hybridized carbons (Fsp3) is 0.625. The molecule has 1 aromatic heterocycles. The van der Waals surface area contributed by atoms with E-state index in [4.69, 9.17) is 0 Å². The Labute approximate surface area is 135 Å². The van der Waals surface area contributed by atoms with Gasteiger partial charge in [0, 0.05) is 32.0 Å². The van der Waals surface area contributed by atoms with Crippen LogP contribution in [-0.2, 0) is 9.59 Å². The summed E-state index contributed by atoms with van der Waals surface area (Å²) in [5.74, 6) is 0.117. The molecule has 22 heavy (non-hydrogen) atoms. The molecule has 122 valence electrons. The third-order valence-corrected chi connectivity index (χ3v) is 4.78. The van der Waals surface area contributed by atoms with Gasteiger partial charge in [-0.2, -0.15) is 11.3 Å². The molecule has 1 aromatic rings. The molecule has 0 saturated carbocycles. The van der Waals surface area contributed by atoms with Crippen molar-refractivity contribution in [3.63, 3.8) is 0 Å². The van der Waals surface area contributed by atoms with Gasteiger partial charge < -0.3 is 15.3 Å². The van der Waals surface area contributed by atoms with Crippen molar-refractivity contribution < 1.29 is 14.7 Å². The highest BCUT2D eigenvalue weighted by Gasteiger charge is 2.27. The molecule has 1 aliphatic rings. The first-order chi connectivity index (χ1) is 10.6. The van der Waals surface area contributed by atoms with Gasteiger partial charge >= 0.3 is 0 Å². The Kier molecular flexibility index (Phi) is 6.39. The van der Waals surface area contributed by atoms with E-state index in [0.717, 1.165) is 12.0 Å². The number of nitrogens with zero attached hydrogens (tertiary/aromatic N) is 1. The lowest BCUT2D eigenvalue weighted by molar-refractivity contribution is -0.135. The molecule has 5 nitrogen and oxygen atoms in total. The second-order valence-electron chi connectivity index (χ2n) is 5.72. The quantitative estimate of drug-likeness (QED) is 0.840. The third-order valence-electron chi connectivity index (χ3n) is 4.08. The summed E-state index contributed by atoms with van der Waals surface area (Å²) in [4.78, 5) is 25.8. The first kappa shape index (κ1) is 17.0. The Morgan fingerprint density at radius 3 is 2.77 bits per heavy atom. The number of amides is 2. The Bertz CT molecular complexity index is 482. The number of nitrogens with one attached hydrogen (secondary N) is 1. The van der Waals surface area contributed by atoms with E-state index in [1.54, 1.807) is 0 Å². The minimum atomic E-state index is -0.651. The van der Waals surface area contributed by atoms with E-state index in [9.17, 15) is 14.7 Å². The zero-order valence-corrected chi connectivity index (χ0v) is 13.8. The normalized spacial score (nSPS) is 17.3. The molecule has 0 aliphatic carbocycles. The molecule has 2 amide bonds. The van der Waals surface area contributed by atoms with Crippen LogP contribution >= 0.6 is 11.3 Å². The van der Waals surface area contributed by atoms with E-state index >= 15 is 0 Å². The lowest BCUT2D eigenvalue weighted by Gasteiger charge is -2.31. The summed E-state index contributed by atoms with van der Waals surface area (Å²) in [6.07, 6.45) is 2.20. The Morgan fingerprint density at radius 1 is 1.45 bits per heavy atom. The first-order valence-electron chi connectivity index (χ1n) is 7.87. The summed E-state index contributed by atoms with van der Waals surface area (Å²) in [5, 5.41) is 16.6. The fourth-order valence-corrected chi connectivity index (χ4v) is 3.39. The van der Waals surface area contributed by atoms with Gasteiger partial charge in [-0.1, -0.05) is 6.92 Å². The molecule has 1 unspecified atom stereocenters. The van der Waals surface area contributed by atoms with Gasteiger partial charge in [0.25, 0.3) is 0 Å². The number of hydrogen-bond donors (Lipinski definition) is 2. The van der Waals surface area contributed by atoms with Gasteiger partial charge in [-0.15, -0.1) is 0 Å². The maximum Gasteiger partial charge on any atom is 0.223 e. The van der Waals surface area contributed by atoms with Crippen molar-refractivity contribution in [1.82, 2.24) is 10.2 Å². The standard InChI is InChI=1S/C16H24N2O3S/c1-2-3-15(20)18-7-4-12(5-8-18)16(21)17-10-14(19)13-6-9-22-11-13/h6,9,11-12,14,19H,2-5,7-8,10H2,1H3,(H,17,21). The molecule has 1 aliphatic heterocycles. The molecule has 0 bridgehead atoms. The molecular formula is C16H24N2O3S. The molecule has 2 rings (SSSR count). The Morgan fingerprint density at radius 2 is 2.18 bits per heavy atom. The van der Waals surface area contributed by atoms with Crippen LogP contribution in [0.1, 0.15) is 44.3 Å². The predicted octanol–water partition coefficient (Wildman–Crippen LogP) is 1.94. The maximum atomic E-state index is 12.2. The zero-order chi connectivity index (χ0) is 15.9. The van der Waals surface area contributed by atoms with Crippen LogP contribution in [0.15, 0.2) is 16.8 Å². The first-order valence-corrected chi connectivity index (χ1v) is 8.81. The fourth-order valence-electron chi connectivity index (χ4n) is 2.69. The summed E-state index contributed by atoms with van der Waals surface area (Å²) in [6, 6.07) is 1.86. The van der Waals surface area contributed by atoms with Crippen LogP contribution in [0.2, 0.25) is 0 Å². The van der Waals surface area contributed by atoms with Crippen LogP contribution in [0.5, 0.6) is 0 Å². The number of aliphatic hydroxyl groups excluding tert-OH is 1. The molecular weight excluding hydrogens is 300 g/mol. The number of rotatable bonds is 6. The highest BCUT2D eigenvalue weighted by Crippen LogP contribution is 2.19. The minimum Gasteiger partial charge on any atom is -0.387 e. The van der Waals surface area contributed by atoms with Gasteiger partial charge in [0.2, 0.25) is 11.8 Å².